The van der Waals surface area contributed by atoms with Crippen LogP contribution >= 0.6 is 0 Å². The standard InChI is InChI=1S/C24H35NO3/c1-8-18(4)24(27)19(5)14-17(3)11-9-10-16(2)12-13-21-20(6)22(26)15-23(25-21)28-7/h8-9,11-12,14-15,19,24,27H,10,13H2,1-7H3,(H,25,26). The minimum atomic E-state index is -0.441. The third kappa shape index (κ3) is 7.35. The SMILES string of the molecule is CC=C(C)C(O)C(C)C=C(C)C=CCC(C)=CCc1[nH]c(OC)cc(=O)c1C. The number of H-pyrrole nitrogens is 1. The van der Waals surface area contributed by atoms with Gasteiger partial charge in [-0.25, -0.2) is 0 Å². The number of nitrogens with one attached hydrogen (secondary N) is 1. The highest BCUT2D eigenvalue weighted by molar-refractivity contribution is 5.27. The van der Waals surface area contributed by atoms with Crippen molar-refractivity contribution in [2.75, 3.05) is 7.11 Å². The Morgan fingerprint density at radius 3 is 2.61 bits per heavy atom. The van der Waals surface area contributed by atoms with Crippen LogP contribution in [0.15, 0.2) is 58.0 Å². The molecule has 0 aromatic carbocycles. The summed E-state index contributed by atoms with van der Waals surface area (Å²) in [7, 11) is 1.55. The Morgan fingerprint density at radius 2 is 2.00 bits per heavy atom. The molecule has 28 heavy (non-hydrogen) atoms. The van der Waals surface area contributed by atoms with E-state index in [2.05, 4.69) is 36.2 Å². The maximum Gasteiger partial charge on any atom is 0.194 e. The summed E-state index contributed by atoms with van der Waals surface area (Å²) >= 11 is 0. The maximum absolute atomic E-state index is 11.9. The summed E-state index contributed by atoms with van der Waals surface area (Å²) in [6.07, 6.45) is 11.4. The zero-order chi connectivity index (χ0) is 21.3. The molecule has 0 aliphatic heterocycles. The molecule has 0 radical (unpaired) electrons. The van der Waals surface area contributed by atoms with E-state index in [1.165, 1.54) is 11.6 Å². The van der Waals surface area contributed by atoms with Crippen molar-refractivity contribution in [3.05, 3.63) is 74.6 Å². The van der Waals surface area contributed by atoms with E-state index in [9.17, 15) is 9.90 Å². The molecular weight excluding hydrogens is 350 g/mol. The molecule has 0 aliphatic rings. The van der Waals surface area contributed by atoms with E-state index in [0.717, 1.165) is 28.8 Å². The van der Waals surface area contributed by atoms with Crippen LogP contribution in [0.25, 0.3) is 0 Å². The lowest BCUT2D eigenvalue weighted by atomic mass is 9.96. The molecule has 1 heterocycles. The summed E-state index contributed by atoms with van der Waals surface area (Å²) in [5, 5.41) is 10.2. The van der Waals surface area contributed by atoms with Gasteiger partial charge in [-0.05, 0) is 46.6 Å². The van der Waals surface area contributed by atoms with Crippen LogP contribution in [0, 0.1) is 12.8 Å². The molecule has 0 bridgehead atoms. The second kappa shape index (κ2) is 11.5. The molecule has 1 aromatic rings. The number of hydrogen-bond donors (Lipinski definition) is 2. The summed E-state index contributed by atoms with van der Waals surface area (Å²) in [5.41, 5.74) is 4.95. The number of pyridine rings is 1. The molecule has 0 saturated carbocycles. The first-order valence-corrected chi connectivity index (χ1v) is 9.77. The zero-order valence-electron chi connectivity index (χ0n) is 18.3. The normalized spacial score (nSPS) is 15.8. The van der Waals surface area contributed by atoms with Crippen molar-refractivity contribution in [2.45, 2.75) is 60.5 Å². The van der Waals surface area contributed by atoms with Crippen molar-refractivity contribution >= 4 is 0 Å². The predicted molar refractivity (Wildman–Crippen MR) is 118 cm³/mol. The van der Waals surface area contributed by atoms with Gasteiger partial charge in [0.2, 0.25) is 0 Å². The van der Waals surface area contributed by atoms with Crippen molar-refractivity contribution < 1.29 is 9.84 Å². The van der Waals surface area contributed by atoms with Crippen molar-refractivity contribution in [3.8, 4) is 5.88 Å². The lowest BCUT2D eigenvalue weighted by Crippen LogP contribution is -2.17. The topological polar surface area (TPSA) is 62.3 Å². The molecule has 2 unspecified atom stereocenters. The molecule has 0 amide bonds. The number of aromatic amines is 1. The first-order valence-electron chi connectivity index (χ1n) is 9.77. The quantitative estimate of drug-likeness (QED) is 0.462. The molecule has 4 heteroatoms. The first-order chi connectivity index (χ1) is 13.2. The van der Waals surface area contributed by atoms with Gasteiger partial charge in [-0.1, -0.05) is 48.5 Å². The third-order valence-corrected chi connectivity index (χ3v) is 5.00. The van der Waals surface area contributed by atoms with E-state index in [1.807, 2.05) is 40.7 Å². The Labute approximate surface area is 169 Å². The van der Waals surface area contributed by atoms with Crippen molar-refractivity contribution in [2.24, 2.45) is 5.92 Å². The second-order valence-corrected chi connectivity index (χ2v) is 7.41. The van der Waals surface area contributed by atoms with Crippen LogP contribution in [-0.4, -0.2) is 23.3 Å². The Kier molecular flexibility index (Phi) is 9.74. The summed E-state index contributed by atoms with van der Waals surface area (Å²) in [5.74, 6) is 0.562. The van der Waals surface area contributed by atoms with Gasteiger partial charge in [-0.15, -0.1) is 0 Å². The number of rotatable bonds is 9. The molecule has 2 atom stereocenters. The monoisotopic (exact) mass is 385 g/mol. The van der Waals surface area contributed by atoms with E-state index in [-0.39, 0.29) is 11.3 Å². The Hall–Kier alpha value is -2.33. The highest BCUT2D eigenvalue weighted by atomic mass is 16.5. The zero-order valence-corrected chi connectivity index (χ0v) is 18.3. The number of allylic oxidation sites excluding steroid dienone is 6. The average Bonchev–Trinajstić information content (AvgIpc) is 2.67. The Balaban J connectivity index is 2.71. The van der Waals surface area contributed by atoms with Gasteiger partial charge in [-0.2, -0.15) is 0 Å². The smallest absolute Gasteiger partial charge is 0.194 e. The van der Waals surface area contributed by atoms with Crippen LogP contribution in [0.5, 0.6) is 5.88 Å². The number of aliphatic hydroxyl groups is 1. The van der Waals surface area contributed by atoms with Gasteiger partial charge in [0.15, 0.2) is 11.3 Å². The van der Waals surface area contributed by atoms with Crippen LogP contribution in [0.1, 0.15) is 52.3 Å². The highest BCUT2D eigenvalue weighted by Crippen LogP contribution is 2.16. The fourth-order valence-corrected chi connectivity index (χ4v) is 2.91. The molecule has 1 rings (SSSR count). The van der Waals surface area contributed by atoms with Gasteiger partial charge in [0.05, 0.1) is 13.2 Å². The lowest BCUT2D eigenvalue weighted by Gasteiger charge is -2.16. The van der Waals surface area contributed by atoms with Gasteiger partial charge in [0, 0.05) is 29.7 Å². The number of methoxy groups -OCH3 is 1. The van der Waals surface area contributed by atoms with Gasteiger partial charge in [0.25, 0.3) is 0 Å². The molecular formula is C24H35NO3. The van der Waals surface area contributed by atoms with Crippen molar-refractivity contribution in [1.82, 2.24) is 4.98 Å². The molecule has 0 aliphatic carbocycles. The van der Waals surface area contributed by atoms with Crippen molar-refractivity contribution in [1.29, 1.82) is 0 Å². The minimum absolute atomic E-state index is 0.0122. The third-order valence-electron chi connectivity index (χ3n) is 5.00. The van der Waals surface area contributed by atoms with Crippen LogP contribution in [-0.2, 0) is 6.42 Å². The van der Waals surface area contributed by atoms with Gasteiger partial charge < -0.3 is 14.8 Å². The van der Waals surface area contributed by atoms with Crippen LogP contribution in [0.2, 0.25) is 0 Å². The van der Waals surface area contributed by atoms with E-state index in [4.69, 9.17) is 4.74 Å². The summed E-state index contributed by atoms with van der Waals surface area (Å²) in [4.78, 5) is 15.1. The number of hydrogen-bond acceptors (Lipinski definition) is 3. The van der Waals surface area contributed by atoms with E-state index in [0.29, 0.717) is 12.3 Å². The first kappa shape index (κ1) is 23.7. The second-order valence-electron chi connectivity index (χ2n) is 7.41. The average molecular weight is 386 g/mol. The molecule has 0 spiro atoms. The molecule has 154 valence electrons. The number of aliphatic hydroxyl groups excluding tert-OH is 1. The summed E-state index contributed by atoms with van der Waals surface area (Å²) in [6, 6.07) is 1.48. The Bertz CT molecular complexity index is 825. The summed E-state index contributed by atoms with van der Waals surface area (Å²) < 4.78 is 5.14. The van der Waals surface area contributed by atoms with Gasteiger partial charge in [-0.3, -0.25) is 4.79 Å². The molecule has 4 nitrogen and oxygen atoms in total. The largest absolute Gasteiger partial charge is 0.482 e. The maximum atomic E-state index is 11.9. The Morgan fingerprint density at radius 1 is 1.32 bits per heavy atom. The van der Waals surface area contributed by atoms with E-state index >= 15 is 0 Å². The number of ether oxygens (including phenoxy) is 1. The predicted octanol–water partition coefficient (Wildman–Crippen LogP) is 5.04. The fourth-order valence-electron chi connectivity index (χ4n) is 2.91. The van der Waals surface area contributed by atoms with Gasteiger partial charge in [0.1, 0.15) is 0 Å². The lowest BCUT2D eigenvalue weighted by molar-refractivity contribution is 0.173. The van der Waals surface area contributed by atoms with Gasteiger partial charge >= 0.3 is 0 Å². The highest BCUT2D eigenvalue weighted by Gasteiger charge is 2.12. The molecule has 0 fully saturated rings. The fraction of sp³-hybridized carbons (Fsp3) is 0.458. The molecule has 0 saturated heterocycles. The number of aromatic nitrogens is 1. The van der Waals surface area contributed by atoms with E-state index < -0.39 is 6.10 Å². The van der Waals surface area contributed by atoms with Crippen LogP contribution < -0.4 is 10.2 Å². The molecule has 1 aromatic heterocycles. The van der Waals surface area contributed by atoms with E-state index in [1.54, 1.807) is 7.11 Å². The summed E-state index contributed by atoms with van der Waals surface area (Å²) in [6.45, 7) is 11.9. The molecule has 2 N–H and O–H groups in total. The van der Waals surface area contributed by atoms with Crippen LogP contribution in [0.4, 0.5) is 0 Å². The minimum Gasteiger partial charge on any atom is -0.482 e. The van der Waals surface area contributed by atoms with Crippen molar-refractivity contribution in [3.63, 3.8) is 0 Å². The van der Waals surface area contributed by atoms with Crippen LogP contribution in [0.3, 0.4) is 0 Å².